The molecule has 27 heteroatoms. The Morgan fingerprint density at radius 2 is 1.00 bits per heavy atom. The van der Waals surface area contributed by atoms with Gasteiger partial charge in [-0.25, -0.2) is 24.9 Å². The number of carbonyl (C=O) groups excluding carboxylic acids is 7. The lowest BCUT2D eigenvalue weighted by Crippen LogP contribution is -2.66. The van der Waals surface area contributed by atoms with Crippen molar-refractivity contribution < 1.29 is 38.0 Å². The summed E-state index contributed by atoms with van der Waals surface area (Å²) in [6, 6.07) is 32.2. The minimum Gasteiger partial charge on any atom is -0.407 e. The Morgan fingerprint density at radius 1 is 0.558 bits per heavy atom. The summed E-state index contributed by atoms with van der Waals surface area (Å²) < 4.78 is 19.3. The van der Waals surface area contributed by atoms with Crippen LogP contribution in [0.1, 0.15) is 159 Å². The molecule has 0 radical (unpaired) electrons. The maximum absolute atomic E-state index is 12.9. The number of imidazole rings is 5. The van der Waals surface area contributed by atoms with E-state index in [4.69, 9.17) is 10.8 Å². The fraction of sp³-hybridized carbons (Fsp3) is 0.377. The standard InChI is InChI=1S/C23H29IN2OSi.C23H24N4O3.C21H23IN4O3.C7H9IN2O.C3H3IN2/c1-23(2,3)28(20-12-6-4-7-13-20,21-14-8-5-9-15-21)27-17-11-10-16-26-18-22(24)25-19-26;1-2-17-13-26(15-24-17)12-5-3-4-7-16-8-6-9-18-19(16)14-27(23(18)30)20-10-11-21(28)25-22(20)29;22-18-12-25(13-23-18)10-3-1-2-5-14-6-4-7-15-16(14)11-26(21(15)29)17-8-9-19(27)24-20(17)28;8-7-5-10(6-9-7)3-1-2-4-11;4-3-1-5-2-6-3/h4-9,12-15,18-19H,10-11,16-17H2,1-3H3;1,6,8-9,13,15,20H,3-5,7,10-12,14H2,(H,25,28,29);4,6-7,12-13,17H,1-3,5,8-11H2,(H,24,27,28);4-6H,1-3H2;1-2H,(H,5,6). The van der Waals surface area contributed by atoms with Crippen molar-refractivity contribution in [2.45, 2.75) is 180 Å². The van der Waals surface area contributed by atoms with Gasteiger partial charge in [-0.3, -0.25) is 39.4 Å². The Morgan fingerprint density at radius 3 is 1.38 bits per heavy atom. The molecule has 0 bridgehead atoms. The predicted octanol–water partition coefficient (Wildman–Crippen LogP) is 12.0. The number of benzene rings is 4. The zero-order chi connectivity index (χ0) is 74.0. The van der Waals surface area contributed by atoms with Crippen LogP contribution in [-0.2, 0) is 80.5 Å². The number of rotatable bonds is 26. The first-order valence-electron chi connectivity index (χ1n) is 35.1. The summed E-state index contributed by atoms with van der Waals surface area (Å²) in [4.78, 5) is 110. The minimum atomic E-state index is -2.39. The van der Waals surface area contributed by atoms with E-state index in [0.29, 0.717) is 49.2 Å². The van der Waals surface area contributed by atoms with Crippen molar-refractivity contribution in [2.24, 2.45) is 0 Å². The van der Waals surface area contributed by atoms with E-state index >= 15 is 0 Å². The van der Waals surface area contributed by atoms with E-state index in [9.17, 15) is 33.6 Å². The number of imide groups is 2. The van der Waals surface area contributed by atoms with E-state index in [1.54, 1.807) is 35.0 Å². The van der Waals surface area contributed by atoms with Crippen LogP contribution < -0.4 is 21.0 Å². The summed E-state index contributed by atoms with van der Waals surface area (Å²) in [7, 11) is -2.39. The Bertz CT molecular complexity index is 4320. The highest BCUT2D eigenvalue weighted by Gasteiger charge is 2.50. The van der Waals surface area contributed by atoms with Gasteiger partial charge in [0.25, 0.3) is 20.1 Å². The summed E-state index contributed by atoms with van der Waals surface area (Å²) in [6.07, 6.45) is 38.1. The molecule has 104 heavy (non-hydrogen) atoms. The second kappa shape index (κ2) is 40.3. The lowest BCUT2D eigenvalue weighted by molar-refractivity contribution is -0.138. The van der Waals surface area contributed by atoms with Crippen LogP contribution in [0.4, 0.5) is 0 Å². The molecule has 2 unspecified atom stereocenters. The molecule has 9 aromatic rings. The highest BCUT2D eigenvalue weighted by molar-refractivity contribution is 14.1. The molecule has 9 heterocycles. The number of unbranched alkanes of at least 4 members (excludes halogenated alkanes) is 6. The molecule has 2 saturated heterocycles. The number of piperidine rings is 2. The number of aldehydes is 1. The second-order valence-electron chi connectivity index (χ2n) is 26.7. The van der Waals surface area contributed by atoms with E-state index in [2.05, 4.69) is 246 Å². The largest absolute Gasteiger partial charge is 0.407 e. The molecule has 2 atom stereocenters. The normalized spacial score (nSPS) is 15.4. The third kappa shape index (κ3) is 22.8. The zero-order valence-corrected chi connectivity index (χ0v) is 68.4. The van der Waals surface area contributed by atoms with E-state index in [1.807, 2.05) is 64.6 Å². The molecule has 546 valence electrons. The van der Waals surface area contributed by atoms with E-state index in [1.165, 1.54) is 15.9 Å². The van der Waals surface area contributed by atoms with Crippen molar-refractivity contribution in [1.82, 2.24) is 68.6 Å². The van der Waals surface area contributed by atoms with Gasteiger partial charge in [0.1, 0.15) is 35.2 Å². The number of terminal acetylenes is 1. The van der Waals surface area contributed by atoms with Gasteiger partial charge < -0.3 is 42.3 Å². The first kappa shape index (κ1) is 80.6. The zero-order valence-electron chi connectivity index (χ0n) is 58.8. The lowest BCUT2D eigenvalue weighted by atomic mass is 9.98. The number of H-pyrrole nitrogens is 1. The summed E-state index contributed by atoms with van der Waals surface area (Å²) >= 11 is 8.78. The summed E-state index contributed by atoms with van der Waals surface area (Å²) in [6.45, 7) is 12.3. The molecule has 4 aliphatic heterocycles. The van der Waals surface area contributed by atoms with Crippen LogP contribution in [0.2, 0.25) is 5.04 Å². The summed E-state index contributed by atoms with van der Waals surface area (Å²) in [5.41, 5.74) is 6.42. The molecule has 0 spiro atoms. The van der Waals surface area contributed by atoms with Gasteiger partial charge in [0.15, 0.2) is 0 Å². The van der Waals surface area contributed by atoms with Crippen LogP contribution in [0.15, 0.2) is 160 Å². The highest BCUT2D eigenvalue weighted by Crippen LogP contribution is 2.37. The molecule has 3 N–H and O–H groups in total. The highest BCUT2D eigenvalue weighted by atomic mass is 127. The van der Waals surface area contributed by atoms with Crippen LogP contribution in [-0.4, -0.2) is 127 Å². The second-order valence-corrected chi connectivity index (χ2v) is 35.5. The number of nitrogens with one attached hydrogen (secondary N) is 3. The van der Waals surface area contributed by atoms with Crippen molar-refractivity contribution in [2.75, 3.05) is 6.61 Å². The average Bonchev–Trinajstić information content (AvgIpc) is 1.20. The molecule has 0 aliphatic carbocycles. The number of amides is 6. The van der Waals surface area contributed by atoms with Gasteiger partial charge in [0.05, 0.1) is 41.5 Å². The van der Waals surface area contributed by atoms with Gasteiger partial charge in [-0.15, -0.1) is 6.42 Å². The molecular weight excluding hydrogens is 1780 g/mol. The van der Waals surface area contributed by atoms with Gasteiger partial charge in [-0.2, -0.15) is 0 Å². The Kier molecular flexibility index (Phi) is 31.2. The van der Waals surface area contributed by atoms with Crippen molar-refractivity contribution in [3.8, 4) is 12.3 Å². The molecule has 6 amide bonds. The third-order valence-corrected chi connectivity index (χ3v) is 25.7. The topological polar surface area (TPSA) is 259 Å². The molecule has 22 nitrogen and oxygen atoms in total. The lowest BCUT2D eigenvalue weighted by Gasteiger charge is -2.43. The van der Waals surface area contributed by atoms with Crippen molar-refractivity contribution in [3.63, 3.8) is 0 Å². The summed E-state index contributed by atoms with van der Waals surface area (Å²) in [5, 5.41) is 7.43. The molecule has 13 rings (SSSR count). The van der Waals surface area contributed by atoms with Crippen LogP contribution in [0.5, 0.6) is 0 Å². The first-order valence-corrected chi connectivity index (χ1v) is 41.3. The maximum atomic E-state index is 12.9. The Hall–Kier alpha value is -7.52. The number of fused-ring (bicyclic) bond motifs is 2. The monoisotopic (exact) mass is 1870 g/mol. The molecular formula is C77H88I4N14O8Si. The SMILES string of the molecule is C#Cc1cn(CCCCCc2cccc3c2CN(C2CCC(=O)NC2=O)C3=O)cn1.CC(C)(C)[Si](OCCCCn1cnc(I)c1)(c1ccccc1)c1ccccc1.Ic1cnc[nH]1.O=C1CCC(N2Cc3c(CCCCCn4cnc(I)c4)cccc3C2=O)C(=O)N1.O=CCCCn1cnc(I)c1. The Labute approximate surface area is 663 Å². The molecule has 0 saturated carbocycles. The molecule has 5 aromatic heterocycles. The number of aromatic nitrogens is 10. The smallest absolute Gasteiger partial charge is 0.261 e. The van der Waals surface area contributed by atoms with Crippen LogP contribution in [0.25, 0.3) is 0 Å². The molecule has 4 aliphatic rings. The number of hydrogen-bond acceptors (Lipinski definition) is 13. The minimum absolute atomic E-state index is 0.0379. The number of halogens is 4. The van der Waals surface area contributed by atoms with Gasteiger partial charge in [-0.1, -0.05) is 119 Å². The Balaban J connectivity index is 0.000000162. The van der Waals surface area contributed by atoms with Gasteiger partial charge in [-0.05, 0) is 217 Å². The number of aryl methyl sites for hydroxylation is 6. The quantitative estimate of drug-likeness (QED) is 0.0114. The van der Waals surface area contributed by atoms with Gasteiger partial charge in [0, 0.05) is 101 Å². The number of nitrogens with zero attached hydrogens (tertiary/aromatic N) is 11. The van der Waals surface area contributed by atoms with E-state index < -0.39 is 20.4 Å². The number of carbonyl (C=O) groups is 7. The first-order chi connectivity index (χ1) is 50.2. The van der Waals surface area contributed by atoms with E-state index in [0.717, 1.165) is 141 Å². The third-order valence-electron chi connectivity index (χ3n) is 18.4. The van der Waals surface area contributed by atoms with Crippen molar-refractivity contribution in [3.05, 3.63) is 214 Å². The fourth-order valence-electron chi connectivity index (χ4n) is 13.2. The maximum Gasteiger partial charge on any atom is 0.261 e. The molecule has 4 aromatic carbocycles. The number of aromatic amines is 1. The predicted molar refractivity (Wildman–Crippen MR) is 434 cm³/mol. The summed E-state index contributed by atoms with van der Waals surface area (Å²) in [5.74, 6) is 1.03. The fourth-order valence-corrected chi connectivity index (χ4v) is 19.6. The van der Waals surface area contributed by atoms with Crippen LogP contribution in [0, 0.1) is 27.1 Å². The van der Waals surface area contributed by atoms with E-state index in [-0.39, 0.29) is 53.3 Å². The van der Waals surface area contributed by atoms with Crippen molar-refractivity contribution >= 4 is 151 Å². The number of hydrogen-bond donors (Lipinski definition) is 3. The average molecular weight is 1870 g/mol. The molecule has 2 fully saturated rings. The van der Waals surface area contributed by atoms with Gasteiger partial charge >= 0.3 is 0 Å². The van der Waals surface area contributed by atoms with Crippen molar-refractivity contribution in [1.29, 1.82) is 0 Å². The van der Waals surface area contributed by atoms with Crippen LogP contribution in [0.3, 0.4) is 0 Å². The van der Waals surface area contributed by atoms with Crippen LogP contribution >= 0.6 is 90.4 Å². The van der Waals surface area contributed by atoms with Gasteiger partial charge in [0.2, 0.25) is 23.6 Å².